The first-order chi connectivity index (χ1) is 26.5. The summed E-state index contributed by atoms with van der Waals surface area (Å²) in [6.07, 6.45) is 35.9. The van der Waals surface area contributed by atoms with Crippen LogP contribution in [0.3, 0.4) is 0 Å². The van der Waals surface area contributed by atoms with Crippen molar-refractivity contribution in [2.24, 2.45) is 0 Å². The van der Waals surface area contributed by atoms with Gasteiger partial charge in [-0.1, -0.05) is 169 Å². The van der Waals surface area contributed by atoms with Crippen LogP contribution in [-0.4, -0.2) is 83.4 Å². The molecule has 0 amide bonds. The lowest BCUT2D eigenvalue weighted by Crippen LogP contribution is -2.29. The number of ether oxygens (including phenoxy) is 2. The molecule has 0 radical (unpaired) electrons. The minimum absolute atomic E-state index is 0.000172. The monoisotopic (exact) mass is 802 g/mol. The number of hydrogen-bond donors (Lipinski definition) is 1. The minimum Gasteiger partial charge on any atom is -0.465 e. The SMILES string of the molecule is CCCCCCCCCCSC(CCCC)C(=O)OCCCCCCN(CCO)CCCCCCOC(=O)C(CCCC)SCCCCCCCCCC. The molecule has 6 nitrogen and oxygen atoms in total. The van der Waals surface area contributed by atoms with E-state index >= 15 is 0 Å². The van der Waals surface area contributed by atoms with Crippen molar-refractivity contribution in [3.63, 3.8) is 0 Å². The van der Waals surface area contributed by atoms with Crippen molar-refractivity contribution >= 4 is 35.5 Å². The molecule has 0 aromatic carbocycles. The van der Waals surface area contributed by atoms with E-state index in [1.54, 1.807) is 0 Å². The van der Waals surface area contributed by atoms with E-state index in [-0.39, 0.29) is 29.0 Å². The van der Waals surface area contributed by atoms with Gasteiger partial charge in [-0.25, -0.2) is 0 Å². The van der Waals surface area contributed by atoms with Crippen molar-refractivity contribution in [2.45, 2.75) is 231 Å². The quantitative estimate of drug-likeness (QED) is 0.0482. The molecule has 54 heavy (non-hydrogen) atoms. The molecule has 2 atom stereocenters. The first-order valence-corrected chi connectivity index (χ1v) is 25.5. The van der Waals surface area contributed by atoms with Gasteiger partial charge in [0.15, 0.2) is 0 Å². The van der Waals surface area contributed by atoms with Crippen LogP contribution >= 0.6 is 23.5 Å². The molecule has 2 unspecified atom stereocenters. The number of carbonyl (C=O) groups excluding carboxylic acids is 2. The van der Waals surface area contributed by atoms with E-state index < -0.39 is 0 Å². The Morgan fingerprint density at radius 2 is 0.778 bits per heavy atom. The van der Waals surface area contributed by atoms with Gasteiger partial charge < -0.3 is 19.5 Å². The van der Waals surface area contributed by atoms with Crippen LogP contribution in [0, 0.1) is 0 Å². The van der Waals surface area contributed by atoms with Gasteiger partial charge in [-0.2, -0.15) is 0 Å². The normalized spacial score (nSPS) is 12.7. The molecular weight excluding hydrogens is 711 g/mol. The van der Waals surface area contributed by atoms with E-state index in [1.165, 1.54) is 103 Å². The fourth-order valence-corrected chi connectivity index (χ4v) is 9.22. The Morgan fingerprint density at radius 3 is 1.15 bits per heavy atom. The third-order valence-electron chi connectivity index (χ3n) is 10.4. The van der Waals surface area contributed by atoms with E-state index in [1.807, 2.05) is 23.5 Å². The topological polar surface area (TPSA) is 76.1 Å². The number of aliphatic hydroxyl groups is 1. The molecule has 0 fully saturated rings. The number of thioether (sulfide) groups is 2. The second kappa shape index (κ2) is 43.7. The highest BCUT2D eigenvalue weighted by Crippen LogP contribution is 2.23. The van der Waals surface area contributed by atoms with Gasteiger partial charge in [-0.3, -0.25) is 9.59 Å². The molecule has 0 saturated carbocycles. The van der Waals surface area contributed by atoms with Crippen LogP contribution < -0.4 is 0 Å². The highest BCUT2D eigenvalue weighted by molar-refractivity contribution is 8.00. The summed E-state index contributed by atoms with van der Waals surface area (Å²) in [4.78, 5) is 28.0. The zero-order valence-corrected chi connectivity index (χ0v) is 38.0. The molecule has 8 heteroatoms. The average Bonchev–Trinajstić information content (AvgIpc) is 3.17. The number of carbonyl (C=O) groups is 2. The van der Waals surface area contributed by atoms with Gasteiger partial charge in [0, 0.05) is 6.54 Å². The van der Waals surface area contributed by atoms with Crippen molar-refractivity contribution in [1.29, 1.82) is 0 Å². The smallest absolute Gasteiger partial charge is 0.319 e. The van der Waals surface area contributed by atoms with E-state index in [0.717, 1.165) is 121 Å². The molecule has 0 bridgehead atoms. The molecule has 0 aliphatic heterocycles. The molecule has 0 aromatic rings. The van der Waals surface area contributed by atoms with Crippen LogP contribution in [0.1, 0.15) is 220 Å². The summed E-state index contributed by atoms with van der Waals surface area (Å²) in [5.74, 6) is 2.13. The maximum Gasteiger partial charge on any atom is 0.319 e. The molecule has 0 saturated heterocycles. The Hall–Kier alpha value is -0.440. The van der Waals surface area contributed by atoms with E-state index in [4.69, 9.17) is 9.47 Å². The maximum atomic E-state index is 12.8. The third kappa shape index (κ3) is 35.9. The summed E-state index contributed by atoms with van der Waals surface area (Å²) in [5, 5.41) is 9.59. The summed E-state index contributed by atoms with van der Waals surface area (Å²) in [5.41, 5.74) is 0. The van der Waals surface area contributed by atoms with Crippen molar-refractivity contribution in [1.82, 2.24) is 4.90 Å². The minimum atomic E-state index is -0.00205. The molecule has 1 N–H and O–H groups in total. The Kier molecular flexibility index (Phi) is 43.3. The standard InChI is InChI=1S/C46H91NO5S2/c1-5-9-13-15-17-19-25-31-41-53-43(33-11-7-3)45(49)51-39-29-23-21-27-35-47(37-38-48)36-28-22-24-30-40-52-46(50)44(34-12-8-4)54-42-32-26-20-18-16-14-10-6-2/h43-44,48H,5-42H2,1-4H3. The first-order valence-electron chi connectivity index (χ1n) is 23.4. The van der Waals surface area contributed by atoms with E-state index in [0.29, 0.717) is 13.2 Å². The van der Waals surface area contributed by atoms with Crippen LogP contribution in [-0.2, 0) is 19.1 Å². The van der Waals surface area contributed by atoms with Crippen LogP contribution in [0.2, 0.25) is 0 Å². The largest absolute Gasteiger partial charge is 0.465 e. The molecule has 0 aliphatic rings. The highest BCUT2D eigenvalue weighted by atomic mass is 32.2. The van der Waals surface area contributed by atoms with Crippen molar-refractivity contribution in [3.05, 3.63) is 0 Å². The van der Waals surface area contributed by atoms with Gasteiger partial charge >= 0.3 is 11.9 Å². The van der Waals surface area contributed by atoms with E-state index in [9.17, 15) is 14.7 Å². The molecule has 0 aromatic heterocycles. The van der Waals surface area contributed by atoms with Gasteiger partial charge in [0.25, 0.3) is 0 Å². The van der Waals surface area contributed by atoms with Crippen molar-refractivity contribution in [3.8, 4) is 0 Å². The molecule has 0 spiro atoms. The molecule has 0 aliphatic carbocycles. The summed E-state index contributed by atoms with van der Waals surface area (Å²) in [6.45, 7) is 12.9. The van der Waals surface area contributed by atoms with Gasteiger partial charge in [0.1, 0.15) is 10.5 Å². The Morgan fingerprint density at radius 1 is 0.444 bits per heavy atom. The number of rotatable bonds is 44. The van der Waals surface area contributed by atoms with Gasteiger partial charge in [0.05, 0.1) is 19.8 Å². The number of hydrogen-bond acceptors (Lipinski definition) is 8. The summed E-state index contributed by atoms with van der Waals surface area (Å²) < 4.78 is 11.5. The van der Waals surface area contributed by atoms with E-state index in [2.05, 4.69) is 32.6 Å². The fourth-order valence-electron chi connectivity index (χ4n) is 6.83. The van der Waals surface area contributed by atoms with Crippen LogP contribution in [0.25, 0.3) is 0 Å². The van der Waals surface area contributed by atoms with Crippen molar-refractivity contribution in [2.75, 3.05) is 51.0 Å². The average molecular weight is 802 g/mol. The predicted octanol–water partition coefficient (Wildman–Crippen LogP) is 13.4. The lowest BCUT2D eigenvalue weighted by Gasteiger charge is -2.21. The third-order valence-corrected chi connectivity index (χ3v) is 13.2. The zero-order valence-electron chi connectivity index (χ0n) is 36.4. The molecule has 322 valence electrons. The number of esters is 2. The van der Waals surface area contributed by atoms with Crippen LogP contribution in [0.4, 0.5) is 0 Å². The second-order valence-corrected chi connectivity index (χ2v) is 18.3. The summed E-state index contributed by atoms with van der Waals surface area (Å²) in [6, 6.07) is 0. The highest BCUT2D eigenvalue weighted by Gasteiger charge is 2.21. The molecule has 0 heterocycles. The van der Waals surface area contributed by atoms with Crippen LogP contribution in [0.5, 0.6) is 0 Å². The number of nitrogens with zero attached hydrogens (tertiary/aromatic N) is 1. The number of aliphatic hydroxyl groups excluding tert-OH is 1. The van der Waals surface area contributed by atoms with Gasteiger partial charge in [0.2, 0.25) is 0 Å². The van der Waals surface area contributed by atoms with Gasteiger partial charge in [-0.05, 0) is 76.0 Å². The zero-order chi connectivity index (χ0) is 39.6. The fraction of sp³-hybridized carbons (Fsp3) is 0.957. The van der Waals surface area contributed by atoms with Gasteiger partial charge in [-0.15, -0.1) is 23.5 Å². The Bertz CT molecular complexity index is 728. The molecular formula is C46H91NO5S2. The second-order valence-electron chi connectivity index (χ2n) is 15.7. The lowest BCUT2D eigenvalue weighted by molar-refractivity contribution is -0.144. The number of unbranched alkanes of at least 4 members (excludes halogenated alkanes) is 22. The predicted molar refractivity (Wildman–Crippen MR) is 239 cm³/mol. The first kappa shape index (κ1) is 53.6. The lowest BCUT2D eigenvalue weighted by atomic mass is 10.1. The Labute approximate surface area is 345 Å². The maximum absolute atomic E-state index is 12.8. The van der Waals surface area contributed by atoms with Crippen molar-refractivity contribution < 1.29 is 24.2 Å². The van der Waals surface area contributed by atoms with Crippen LogP contribution in [0.15, 0.2) is 0 Å². The summed E-state index contributed by atoms with van der Waals surface area (Å²) in [7, 11) is 0. The molecule has 0 rings (SSSR count). The Balaban J connectivity index is 4.06. The summed E-state index contributed by atoms with van der Waals surface area (Å²) >= 11 is 3.64.